The van der Waals surface area contributed by atoms with Crippen molar-refractivity contribution >= 4 is 21.8 Å². The van der Waals surface area contributed by atoms with Crippen LogP contribution in [0.1, 0.15) is 28.9 Å². The van der Waals surface area contributed by atoms with E-state index in [1.54, 1.807) is 13.2 Å². The Labute approximate surface area is 197 Å². The fraction of sp³-hybridized carbons (Fsp3) is 0.269. The van der Waals surface area contributed by atoms with Crippen LogP contribution in [0, 0.1) is 0 Å². The van der Waals surface area contributed by atoms with Crippen LogP contribution in [0.3, 0.4) is 0 Å². The van der Waals surface area contributed by atoms with Crippen molar-refractivity contribution in [2.24, 2.45) is 0 Å². The van der Waals surface area contributed by atoms with Crippen LogP contribution >= 0.6 is 15.9 Å². The summed E-state index contributed by atoms with van der Waals surface area (Å²) >= 11 is 3.46. The molecule has 6 heteroatoms. The van der Waals surface area contributed by atoms with Gasteiger partial charge in [0.2, 0.25) is 0 Å². The Morgan fingerprint density at radius 3 is 2.56 bits per heavy atom. The summed E-state index contributed by atoms with van der Waals surface area (Å²) in [5.41, 5.74) is 3.43. The number of hydrogen-bond acceptors (Lipinski definition) is 4. The summed E-state index contributed by atoms with van der Waals surface area (Å²) in [6.45, 7) is 3.93. The van der Waals surface area contributed by atoms with Crippen LogP contribution < -0.4 is 9.47 Å². The Bertz CT molecular complexity index is 1070. The van der Waals surface area contributed by atoms with E-state index < -0.39 is 0 Å². The molecule has 0 aromatic heterocycles. The molecule has 0 aliphatic carbocycles. The number of rotatable bonds is 6. The second kappa shape index (κ2) is 10.2. The maximum atomic E-state index is 13.5. The summed E-state index contributed by atoms with van der Waals surface area (Å²) in [7, 11) is 1.62. The molecule has 166 valence electrons. The number of methoxy groups -OCH3 is 1. The first-order valence-electron chi connectivity index (χ1n) is 10.7. The zero-order chi connectivity index (χ0) is 22.5. The molecule has 3 aromatic rings. The topological polar surface area (TPSA) is 48.0 Å². The molecule has 0 saturated carbocycles. The van der Waals surface area contributed by atoms with Crippen molar-refractivity contribution in [3.05, 3.63) is 82.3 Å². The van der Waals surface area contributed by atoms with Crippen molar-refractivity contribution in [2.45, 2.75) is 13.0 Å². The molecule has 0 spiro atoms. The molecule has 1 heterocycles. The lowest BCUT2D eigenvalue weighted by Crippen LogP contribution is -2.42. The monoisotopic (exact) mass is 495 g/mol. The normalized spacial score (nSPS) is 16.0. The van der Waals surface area contributed by atoms with E-state index >= 15 is 0 Å². The average Bonchev–Trinajstić information content (AvgIpc) is 2.84. The maximum Gasteiger partial charge on any atom is 0.254 e. The lowest BCUT2D eigenvalue weighted by atomic mass is 10.00. The van der Waals surface area contributed by atoms with Crippen molar-refractivity contribution < 1.29 is 19.0 Å². The predicted octanol–water partition coefficient (Wildman–Crippen LogP) is 5.74. The molecule has 1 fully saturated rings. The van der Waals surface area contributed by atoms with Gasteiger partial charge < -0.3 is 19.1 Å². The molecule has 1 atom stereocenters. The quantitative estimate of drug-likeness (QED) is 0.437. The van der Waals surface area contributed by atoms with Gasteiger partial charge in [0.05, 0.1) is 26.9 Å². The van der Waals surface area contributed by atoms with Crippen LogP contribution in [0.25, 0.3) is 11.1 Å². The first kappa shape index (κ1) is 22.4. The van der Waals surface area contributed by atoms with E-state index in [1.807, 2.05) is 72.5 Å². The summed E-state index contributed by atoms with van der Waals surface area (Å²) in [5, 5.41) is 0. The summed E-state index contributed by atoms with van der Waals surface area (Å²) in [4.78, 5) is 15.4. The number of carbonyl (C=O) groups excluding carboxylic acids is 1. The molecule has 32 heavy (non-hydrogen) atoms. The third kappa shape index (κ3) is 4.81. The number of nitrogens with zero attached hydrogens (tertiary/aromatic N) is 1. The third-order valence-electron chi connectivity index (χ3n) is 5.49. The number of morpholine rings is 1. The van der Waals surface area contributed by atoms with Gasteiger partial charge in [-0.2, -0.15) is 0 Å². The summed E-state index contributed by atoms with van der Waals surface area (Å²) < 4.78 is 18.5. The van der Waals surface area contributed by atoms with Crippen LogP contribution in [0.2, 0.25) is 0 Å². The van der Waals surface area contributed by atoms with Crippen LogP contribution in [0.4, 0.5) is 0 Å². The number of hydrogen-bond donors (Lipinski definition) is 0. The van der Waals surface area contributed by atoms with E-state index in [9.17, 15) is 4.79 Å². The number of amides is 1. The second-order valence-electron chi connectivity index (χ2n) is 7.52. The number of carbonyl (C=O) groups is 1. The first-order chi connectivity index (χ1) is 15.6. The minimum absolute atomic E-state index is 0.0452. The van der Waals surface area contributed by atoms with Gasteiger partial charge in [-0.15, -0.1) is 0 Å². The smallest absolute Gasteiger partial charge is 0.254 e. The van der Waals surface area contributed by atoms with Crippen molar-refractivity contribution in [1.29, 1.82) is 0 Å². The molecule has 1 unspecified atom stereocenters. The van der Waals surface area contributed by atoms with Gasteiger partial charge in [0.1, 0.15) is 6.10 Å². The van der Waals surface area contributed by atoms with Crippen LogP contribution in [0.5, 0.6) is 11.5 Å². The molecular weight excluding hydrogens is 470 g/mol. The van der Waals surface area contributed by atoms with Gasteiger partial charge in [0.25, 0.3) is 5.91 Å². The summed E-state index contributed by atoms with van der Waals surface area (Å²) in [6, 6.07) is 21.6. The molecule has 0 bridgehead atoms. The Balaban J connectivity index is 1.66. The fourth-order valence-corrected chi connectivity index (χ4v) is 4.19. The molecule has 1 aliphatic heterocycles. The van der Waals surface area contributed by atoms with E-state index in [-0.39, 0.29) is 12.0 Å². The molecule has 3 aromatic carbocycles. The Kier molecular flexibility index (Phi) is 7.12. The number of benzene rings is 3. The van der Waals surface area contributed by atoms with E-state index in [1.165, 1.54) is 0 Å². The van der Waals surface area contributed by atoms with Crippen molar-refractivity contribution in [2.75, 3.05) is 33.4 Å². The van der Waals surface area contributed by atoms with Crippen LogP contribution in [0.15, 0.2) is 71.2 Å². The molecule has 1 aliphatic rings. The van der Waals surface area contributed by atoms with E-state index in [2.05, 4.69) is 15.9 Å². The Hall–Kier alpha value is -2.83. The van der Waals surface area contributed by atoms with Gasteiger partial charge in [0, 0.05) is 22.1 Å². The minimum Gasteiger partial charge on any atom is -0.492 e. The van der Waals surface area contributed by atoms with Gasteiger partial charge in [-0.1, -0.05) is 58.4 Å². The Morgan fingerprint density at radius 1 is 1.12 bits per heavy atom. The summed E-state index contributed by atoms with van der Waals surface area (Å²) in [6.07, 6.45) is -0.154. The van der Waals surface area contributed by atoms with E-state index in [0.717, 1.165) is 21.2 Å². The molecule has 0 N–H and O–H groups in total. The van der Waals surface area contributed by atoms with Crippen LogP contribution in [-0.4, -0.2) is 44.2 Å². The molecule has 5 nitrogen and oxygen atoms in total. The molecule has 1 saturated heterocycles. The second-order valence-corrected chi connectivity index (χ2v) is 8.43. The fourth-order valence-electron chi connectivity index (χ4n) is 3.93. The first-order valence-corrected chi connectivity index (χ1v) is 11.5. The SMILES string of the molecule is CCOc1cc(C(=O)N2CCOC(c3ccc(Br)cc3)C2)cc(-c2ccccc2)c1OC. The highest BCUT2D eigenvalue weighted by Gasteiger charge is 2.28. The standard InChI is InChI=1S/C26H26BrNO4/c1-3-31-23-16-20(15-22(25(23)30-2)18-7-5-4-6-8-18)26(29)28-13-14-32-24(17-28)19-9-11-21(27)12-10-19/h4-12,15-16,24H,3,13-14,17H2,1-2H3. The van der Waals surface area contributed by atoms with Crippen molar-refractivity contribution in [3.63, 3.8) is 0 Å². The van der Waals surface area contributed by atoms with Gasteiger partial charge >= 0.3 is 0 Å². The van der Waals surface area contributed by atoms with Gasteiger partial charge in [-0.25, -0.2) is 0 Å². The zero-order valence-electron chi connectivity index (χ0n) is 18.2. The lowest BCUT2D eigenvalue weighted by Gasteiger charge is -2.33. The lowest BCUT2D eigenvalue weighted by molar-refractivity contribution is -0.0228. The van der Waals surface area contributed by atoms with Gasteiger partial charge in [-0.3, -0.25) is 4.79 Å². The average molecular weight is 496 g/mol. The molecular formula is C26H26BrNO4. The third-order valence-corrected chi connectivity index (χ3v) is 6.01. The minimum atomic E-state index is -0.154. The van der Waals surface area contributed by atoms with E-state index in [0.29, 0.717) is 43.4 Å². The Morgan fingerprint density at radius 2 is 1.88 bits per heavy atom. The highest BCUT2D eigenvalue weighted by molar-refractivity contribution is 9.10. The highest BCUT2D eigenvalue weighted by atomic mass is 79.9. The number of halogens is 1. The van der Waals surface area contributed by atoms with Gasteiger partial charge in [0.15, 0.2) is 11.5 Å². The zero-order valence-corrected chi connectivity index (χ0v) is 19.8. The highest BCUT2D eigenvalue weighted by Crippen LogP contribution is 2.40. The van der Waals surface area contributed by atoms with Gasteiger partial charge in [-0.05, 0) is 42.3 Å². The predicted molar refractivity (Wildman–Crippen MR) is 128 cm³/mol. The van der Waals surface area contributed by atoms with Crippen molar-refractivity contribution in [3.8, 4) is 22.6 Å². The largest absolute Gasteiger partial charge is 0.492 e. The maximum absolute atomic E-state index is 13.5. The number of ether oxygens (including phenoxy) is 3. The molecule has 0 radical (unpaired) electrons. The summed E-state index contributed by atoms with van der Waals surface area (Å²) in [5.74, 6) is 1.15. The van der Waals surface area contributed by atoms with Crippen LogP contribution in [-0.2, 0) is 4.74 Å². The molecule has 4 rings (SSSR count). The van der Waals surface area contributed by atoms with E-state index in [4.69, 9.17) is 14.2 Å². The molecule has 1 amide bonds. The van der Waals surface area contributed by atoms with Crippen molar-refractivity contribution in [1.82, 2.24) is 4.90 Å².